The van der Waals surface area contributed by atoms with Gasteiger partial charge in [-0.1, -0.05) is 29.8 Å². The number of carbonyl (C=O) groups is 1. The first-order valence-electron chi connectivity index (χ1n) is 10.9. The number of rotatable bonds is 6. The van der Waals surface area contributed by atoms with Gasteiger partial charge in [-0.15, -0.1) is 0 Å². The number of hydrogen-bond donors (Lipinski definition) is 0. The summed E-state index contributed by atoms with van der Waals surface area (Å²) >= 11 is 6.19. The van der Waals surface area contributed by atoms with Crippen molar-refractivity contribution in [2.24, 2.45) is 0 Å². The Hall–Kier alpha value is -2.85. The Morgan fingerprint density at radius 2 is 1.83 bits per heavy atom. The third kappa shape index (κ3) is 6.05. The maximum Gasteiger partial charge on any atom is 0.416 e. The van der Waals surface area contributed by atoms with Crippen LogP contribution < -0.4 is 4.90 Å². The predicted molar refractivity (Wildman–Crippen MR) is 129 cm³/mol. The minimum atomic E-state index is -4.41. The maximum absolute atomic E-state index is 13.0. The van der Waals surface area contributed by atoms with Gasteiger partial charge in [0.25, 0.3) is 0 Å². The summed E-state index contributed by atoms with van der Waals surface area (Å²) in [7, 11) is -1.50. The Morgan fingerprint density at radius 3 is 2.51 bits per heavy atom. The van der Waals surface area contributed by atoms with E-state index < -0.39 is 22.5 Å². The molecule has 0 aliphatic carbocycles. The number of aromatic nitrogens is 1. The summed E-state index contributed by atoms with van der Waals surface area (Å²) in [5.41, 5.74) is 0.889. The van der Waals surface area contributed by atoms with Crippen LogP contribution in [-0.2, 0) is 27.5 Å². The van der Waals surface area contributed by atoms with Gasteiger partial charge in [0.2, 0.25) is 11.8 Å². The summed E-state index contributed by atoms with van der Waals surface area (Å²) < 4.78 is 57.4. The molecule has 1 saturated heterocycles. The normalized spacial score (nSPS) is 15.3. The molecule has 1 aliphatic heterocycles. The van der Waals surface area contributed by atoms with E-state index in [9.17, 15) is 22.2 Å². The van der Waals surface area contributed by atoms with Gasteiger partial charge in [-0.25, -0.2) is 4.98 Å². The highest BCUT2D eigenvalue weighted by atomic mass is 35.5. The van der Waals surface area contributed by atoms with Gasteiger partial charge in [0, 0.05) is 42.7 Å². The van der Waals surface area contributed by atoms with Crippen molar-refractivity contribution in [3.8, 4) is 11.5 Å². The van der Waals surface area contributed by atoms with Gasteiger partial charge >= 0.3 is 6.18 Å². The van der Waals surface area contributed by atoms with E-state index in [4.69, 9.17) is 16.0 Å². The molecular formula is C24H23ClF3N3O3S. The lowest BCUT2D eigenvalue weighted by molar-refractivity contribution is -0.137. The van der Waals surface area contributed by atoms with E-state index in [1.54, 1.807) is 36.1 Å². The first-order chi connectivity index (χ1) is 16.6. The lowest BCUT2D eigenvalue weighted by Crippen LogP contribution is -2.50. The van der Waals surface area contributed by atoms with Gasteiger partial charge in [0.05, 0.1) is 27.6 Å². The maximum atomic E-state index is 13.0. The third-order valence-electron chi connectivity index (χ3n) is 5.75. The molecule has 11 heteroatoms. The average Bonchev–Trinajstić information content (AvgIpc) is 3.18. The highest BCUT2D eigenvalue weighted by Gasteiger charge is 2.31. The van der Waals surface area contributed by atoms with Crippen LogP contribution in [0.3, 0.4) is 0 Å². The molecule has 2 aromatic carbocycles. The SMILES string of the molecule is Cc1oc(-c2ccccc2Cl)nc1C[S@@](=O)CC(=O)N1CCN(c2cccc(C(F)(F)F)c2)CC1. The van der Waals surface area contributed by atoms with E-state index in [1.807, 2.05) is 11.0 Å². The monoisotopic (exact) mass is 525 g/mol. The number of oxazole rings is 1. The number of piperazine rings is 1. The van der Waals surface area contributed by atoms with E-state index in [0.29, 0.717) is 59.8 Å². The fraction of sp³-hybridized carbons (Fsp3) is 0.333. The summed E-state index contributed by atoms with van der Waals surface area (Å²) in [6.07, 6.45) is -4.41. The van der Waals surface area contributed by atoms with Gasteiger partial charge < -0.3 is 14.2 Å². The summed E-state index contributed by atoms with van der Waals surface area (Å²) in [5.74, 6) is 0.472. The van der Waals surface area contributed by atoms with Gasteiger partial charge in [0.1, 0.15) is 11.5 Å². The number of alkyl halides is 3. The van der Waals surface area contributed by atoms with E-state index in [-0.39, 0.29) is 17.4 Å². The lowest BCUT2D eigenvalue weighted by atomic mass is 10.1. The van der Waals surface area contributed by atoms with Crippen molar-refractivity contribution in [2.75, 3.05) is 36.8 Å². The number of anilines is 1. The molecule has 186 valence electrons. The van der Waals surface area contributed by atoms with E-state index in [1.165, 1.54) is 6.07 Å². The minimum absolute atomic E-state index is 0.0652. The largest absolute Gasteiger partial charge is 0.441 e. The van der Waals surface area contributed by atoms with Crippen LogP contribution in [0.5, 0.6) is 0 Å². The fourth-order valence-corrected chi connectivity index (χ4v) is 5.19. The minimum Gasteiger partial charge on any atom is -0.441 e. The molecule has 1 fully saturated rings. The zero-order valence-corrected chi connectivity index (χ0v) is 20.4. The molecular weight excluding hydrogens is 503 g/mol. The van der Waals surface area contributed by atoms with Gasteiger partial charge in [-0.2, -0.15) is 13.2 Å². The molecule has 1 atom stereocenters. The van der Waals surface area contributed by atoms with Crippen LogP contribution in [0.15, 0.2) is 52.9 Å². The molecule has 0 bridgehead atoms. The predicted octanol–water partition coefficient (Wildman–Crippen LogP) is 4.92. The van der Waals surface area contributed by atoms with Crippen molar-refractivity contribution >= 4 is 34.0 Å². The molecule has 0 N–H and O–H groups in total. The van der Waals surface area contributed by atoms with Crippen molar-refractivity contribution in [1.82, 2.24) is 9.88 Å². The van der Waals surface area contributed by atoms with Crippen LogP contribution >= 0.6 is 11.6 Å². The zero-order valence-electron chi connectivity index (χ0n) is 18.8. The topological polar surface area (TPSA) is 66.7 Å². The number of amides is 1. The van der Waals surface area contributed by atoms with Gasteiger partial charge in [-0.3, -0.25) is 9.00 Å². The fourth-order valence-electron chi connectivity index (χ4n) is 3.84. The summed E-state index contributed by atoms with van der Waals surface area (Å²) in [5, 5.41) is 0.487. The molecule has 1 amide bonds. The Morgan fingerprint density at radius 1 is 1.11 bits per heavy atom. The Balaban J connectivity index is 1.32. The Labute approximate surface area is 208 Å². The molecule has 0 spiro atoms. The first-order valence-corrected chi connectivity index (χ1v) is 12.7. The number of hydrogen-bond acceptors (Lipinski definition) is 5. The van der Waals surface area contributed by atoms with Gasteiger partial charge in [-0.05, 0) is 37.3 Å². The first kappa shape index (κ1) is 25.2. The summed E-state index contributed by atoms with van der Waals surface area (Å²) in [6, 6.07) is 12.3. The van der Waals surface area contributed by atoms with Crippen molar-refractivity contribution in [1.29, 1.82) is 0 Å². The number of nitrogens with zero attached hydrogens (tertiary/aromatic N) is 3. The van der Waals surface area contributed by atoms with Crippen LogP contribution in [0, 0.1) is 6.92 Å². The lowest BCUT2D eigenvalue weighted by Gasteiger charge is -2.36. The third-order valence-corrected chi connectivity index (χ3v) is 7.24. The smallest absolute Gasteiger partial charge is 0.416 e. The molecule has 35 heavy (non-hydrogen) atoms. The zero-order chi connectivity index (χ0) is 25.2. The van der Waals surface area contributed by atoms with Gasteiger partial charge in [0.15, 0.2) is 0 Å². The number of halogens is 4. The van der Waals surface area contributed by atoms with E-state index in [0.717, 1.165) is 12.1 Å². The second kappa shape index (κ2) is 10.4. The number of carbonyl (C=O) groups excluding carboxylic acids is 1. The molecule has 1 aliphatic rings. The van der Waals surface area contributed by atoms with E-state index >= 15 is 0 Å². The highest BCUT2D eigenvalue weighted by Crippen LogP contribution is 2.32. The highest BCUT2D eigenvalue weighted by molar-refractivity contribution is 7.84. The van der Waals surface area contributed by atoms with Crippen molar-refractivity contribution in [2.45, 2.75) is 18.9 Å². The molecule has 0 saturated carbocycles. The molecule has 2 heterocycles. The van der Waals surface area contributed by atoms with Crippen molar-refractivity contribution in [3.05, 3.63) is 70.6 Å². The molecule has 0 unspecified atom stereocenters. The molecule has 6 nitrogen and oxygen atoms in total. The molecule has 3 aromatic rings. The van der Waals surface area contributed by atoms with Crippen LogP contribution in [0.25, 0.3) is 11.5 Å². The second-order valence-electron chi connectivity index (χ2n) is 8.15. The summed E-state index contributed by atoms with van der Waals surface area (Å²) in [4.78, 5) is 20.5. The van der Waals surface area contributed by atoms with Crippen LogP contribution in [0.1, 0.15) is 17.0 Å². The van der Waals surface area contributed by atoms with Crippen LogP contribution in [0.4, 0.5) is 18.9 Å². The van der Waals surface area contributed by atoms with Crippen LogP contribution in [0.2, 0.25) is 5.02 Å². The van der Waals surface area contributed by atoms with Crippen molar-refractivity contribution in [3.63, 3.8) is 0 Å². The standard InChI is InChI=1S/C24H23ClF3N3O3S/c1-16-21(29-23(34-16)19-7-2-3-8-20(19)25)14-35(33)15-22(32)31-11-9-30(10-12-31)18-6-4-5-17(13-18)24(26,27)28/h2-8,13H,9-12,14-15H2,1H3/t35-/m1/s1. The molecule has 4 rings (SSSR count). The molecule has 0 radical (unpaired) electrons. The Bertz CT molecular complexity index is 1240. The molecule has 1 aromatic heterocycles. The van der Waals surface area contributed by atoms with Crippen molar-refractivity contribution < 1.29 is 26.6 Å². The number of benzene rings is 2. The van der Waals surface area contributed by atoms with Crippen LogP contribution in [-0.4, -0.2) is 51.9 Å². The Kier molecular flexibility index (Phi) is 7.51. The quantitative estimate of drug-likeness (QED) is 0.457. The second-order valence-corrected chi connectivity index (χ2v) is 10.0. The number of aryl methyl sites for hydroxylation is 1. The van der Waals surface area contributed by atoms with E-state index in [2.05, 4.69) is 4.98 Å². The summed E-state index contributed by atoms with van der Waals surface area (Å²) in [6.45, 7) is 3.18. The average molecular weight is 526 g/mol.